The number of amides is 1. The molecule has 2 N–H and O–H groups in total. The van der Waals surface area contributed by atoms with Gasteiger partial charge >= 0.3 is 0 Å². The minimum atomic E-state index is -3.28. The number of carbonyl (C=O) groups is 1. The van der Waals surface area contributed by atoms with Crippen LogP contribution < -0.4 is 10.0 Å². The molecule has 5 nitrogen and oxygen atoms in total. The van der Waals surface area contributed by atoms with Crippen LogP contribution in [0, 0.1) is 5.82 Å². The Bertz CT molecular complexity index is 528. The fourth-order valence-electron chi connectivity index (χ4n) is 1.50. The van der Waals surface area contributed by atoms with Gasteiger partial charge in [0, 0.05) is 13.0 Å². The summed E-state index contributed by atoms with van der Waals surface area (Å²) in [5.41, 5.74) is 0.783. The Hall–Kier alpha value is -1.47. The lowest BCUT2D eigenvalue weighted by Gasteiger charge is -2.14. The summed E-state index contributed by atoms with van der Waals surface area (Å²) in [5.74, 6) is -0.604. The molecule has 1 aromatic carbocycles. The largest absolute Gasteiger partial charge is 0.350 e. The molecule has 0 aliphatic carbocycles. The zero-order valence-corrected chi connectivity index (χ0v) is 11.6. The number of hydrogen-bond acceptors (Lipinski definition) is 3. The number of benzene rings is 1. The second-order valence-corrected chi connectivity index (χ2v) is 6.09. The Morgan fingerprint density at radius 2 is 1.89 bits per heavy atom. The summed E-state index contributed by atoms with van der Waals surface area (Å²) in [6.45, 7) is 1.83. The normalized spacial score (nSPS) is 13.0. The maximum Gasteiger partial charge on any atom is 0.221 e. The van der Waals surface area contributed by atoms with Crippen LogP contribution in [0.4, 0.5) is 4.39 Å². The number of rotatable bonds is 6. The topological polar surface area (TPSA) is 75.3 Å². The number of hydrogen-bond donors (Lipinski definition) is 2. The highest BCUT2D eigenvalue weighted by molar-refractivity contribution is 7.88. The van der Waals surface area contributed by atoms with Gasteiger partial charge in [-0.3, -0.25) is 4.79 Å². The molecule has 0 aromatic heterocycles. The average molecular weight is 288 g/mol. The lowest BCUT2D eigenvalue weighted by Crippen LogP contribution is -2.31. The van der Waals surface area contributed by atoms with E-state index in [0.717, 1.165) is 11.8 Å². The molecule has 0 heterocycles. The molecule has 1 rings (SSSR count). The van der Waals surface area contributed by atoms with E-state index in [0.29, 0.717) is 0 Å². The lowest BCUT2D eigenvalue weighted by molar-refractivity contribution is -0.121. The fraction of sp³-hybridized carbons (Fsp3) is 0.417. The van der Waals surface area contributed by atoms with Crippen LogP contribution in [-0.2, 0) is 14.8 Å². The van der Waals surface area contributed by atoms with Gasteiger partial charge in [-0.1, -0.05) is 12.1 Å². The Morgan fingerprint density at radius 1 is 1.32 bits per heavy atom. The summed E-state index contributed by atoms with van der Waals surface area (Å²) in [7, 11) is -3.28. The van der Waals surface area contributed by atoms with Crippen molar-refractivity contribution in [2.24, 2.45) is 0 Å². The van der Waals surface area contributed by atoms with Crippen molar-refractivity contribution < 1.29 is 17.6 Å². The minimum Gasteiger partial charge on any atom is -0.350 e. The minimum absolute atomic E-state index is 0.0542. The van der Waals surface area contributed by atoms with Crippen molar-refractivity contribution in [2.45, 2.75) is 19.4 Å². The highest BCUT2D eigenvalue weighted by Gasteiger charge is 2.10. The van der Waals surface area contributed by atoms with Crippen molar-refractivity contribution >= 4 is 15.9 Å². The van der Waals surface area contributed by atoms with Crippen LogP contribution in [0.3, 0.4) is 0 Å². The van der Waals surface area contributed by atoms with E-state index in [4.69, 9.17) is 0 Å². The third-order valence-corrected chi connectivity index (χ3v) is 3.19. The van der Waals surface area contributed by atoms with Gasteiger partial charge in [-0.2, -0.15) is 0 Å². The molecule has 0 aliphatic heterocycles. The molecule has 0 aliphatic rings. The molecule has 0 bridgehead atoms. The van der Waals surface area contributed by atoms with Crippen molar-refractivity contribution in [1.82, 2.24) is 10.0 Å². The maximum absolute atomic E-state index is 12.7. The molecule has 19 heavy (non-hydrogen) atoms. The van der Waals surface area contributed by atoms with Crippen molar-refractivity contribution in [3.63, 3.8) is 0 Å². The Kier molecular flexibility index (Phi) is 5.44. The number of carbonyl (C=O) groups excluding carboxylic acids is 1. The van der Waals surface area contributed by atoms with Crippen LogP contribution >= 0.6 is 0 Å². The van der Waals surface area contributed by atoms with Crippen molar-refractivity contribution in [1.29, 1.82) is 0 Å². The Labute approximate surface area is 112 Å². The van der Waals surface area contributed by atoms with Crippen LogP contribution in [0.25, 0.3) is 0 Å². The van der Waals surface area contributed by atoms with Crippen LogP contribution in [0.2, 0.25) is 0 Å². The van der Waals surface area contributed by atoms with Gasteiger partial charge in [0.15, 0.2) is 0 Å². The number of halogens is 1. The Morgan fingerprint density at radius 3 is 2.42 bits per heavy atom. The summed E-state index contributed by atoms with van der Waals surface area (Å²) >= 11 is 0. The van der Waals surface area contributed by atoms with Crippen LogP contribution in [-0.4, -0.2) is 27.1 Å². The Balaban J connectivity index is 2.42. The summed E-state index contributed by atoms with van der Waals surface area (Å²) in [6.07, 6.45) is 1.09. The number of sulfonamides is 1. The monoisotopic (exact) mass is 288 g/mol. The van der Waals surface area contributed by atoms with E-state index in [-0.39, 0.29) is 30.7 Å². The van der Waals surface area contributed by atoms with Crippen molar-refractivity contribution in [2.75, 3.05) is 12.8 Å². The summed E-state index contributed by atoms with van der Waals surface area (Å²) in [6, 6.07) is 5.57. The van der Waals surface area contributed by atoms with Gasteiger partial charge in [0.25, 0.3) is 0 Å². The molecule has 1 aromatic rings. The third kappa shape index (κ3) is 6.30. The van der Waals surface area contributed by atoms with Gasteiger partial charge in [0.1, 0.15) is 5.82 Å². The second kappa shape index (κ2) is 6.63. The van der Waals surface area contributed by atoms with E-state index >= 15 is 0 Å². The van der Waals surface area contributed by atoms with E-state index in [9.17, 15) is 17.6 Å². The molecular formula is C12H17FN2O3S. The first-order valence-corrected chi connectivity index (χ1v) is 7.66. The quantitative estimate of drug-likeness (QED) is 0.818. The molecule has 0 spiro atoms. The highest BCUT2D eigenvalue weighted by atomic mass is 32.2. The van der Waals surface area contributed by atoms with Crippen LogP contribution in [0.1, 0.15) is 24.9 Å². The van der Waals surface area contributed by atoms with Crippen molar-refractivity contribution in [3.8, 4) is 0 Å². The van der Waals surface area contributed by atoms with Gasteiger partial charge in [-0.25, -0.2) is 17.5 Å². The van der Waals surface area contributed by atoms with Gasteiger partial charge in [0.05, 0.1) is 12.3 Å². The van der Waals surface area contributed by atoms with E-state index in [1.165, 1.54) is 12.1 Å². The average Bonchev–Trinajstić information content (AvgIpc) is 2.27. The summed E-state index contributed by atoms with van der Waals surface area (Å²) in [5, 5.41) is 2.71. The molecule has 0 saturated carbocycles. The molecule has 1 amide bonds. The predicted molar refractivity (Wildman–Crippen MR) is 70.4 cm³/mol. The second-order valence-electron chi connectivity index (χ2n) is 4.26. The maximum atomic E-state index is 12.7. The fourth-order valence-corrected chi connectivity index (χ4v) is 1.97. The molecule has 0 saturated heterocycles. The molecule has 106 valence electrons. The van der Waals surface area contributed by atoms with Crippen LogP contribution in [0.15, 0.2) is 24.3 Å². The molecule has 7 heteroatoms. The first-order valence-electron chi connectivity index (χ1n) is 5.77. The highest BCUT2D eigenvalue weighted by Crippen LogP contribution is 2.12. The van der Waals surface area contributed by atoms with E-state index in [2.05, 4.69) is 10.0 Å². The standard InChI is InChI=1S/C12H17FN2O3S/c1-9(10-3-5-11(13)6-4-10)15-12(16)7-8-14-19(2,17)18/h3-6,9,14H,7-8H2,1-2H3,(H,15,16). The predicted octanol–water partition coefficient (Wildman–Crippen LogP) is 0.942. The van der Waals surface area contributed by atoms with Gasteiger partial charge in [-0.05, 0) is 24.6 Å². The molecule has 1 atom stereocenters. The lowest BCUT2D eigenvalue weighted by atomic mass is 10.1. The zero-order valence-electron chi connectivity index (χ0n) is 10.8. The smallest absolute Gasteiger partial charge is 0.221 e. The summed E-state index contributed by atoms with van der Waals surface area (Å²) < 4.78 is 36.6. The summed E-state index contributed by atoms with van der Waals surface area (Å²) in [4.78, 5) is 11.6. The first-order chi connectivity index (χ1) is 8.78. The first kappa shape index (κ1) is 15.6. The molecular weight excluding hydrogens is 271 g/mol. The van der Waals surface area contributed by atoms with Crippen LogP contribution in [0.5, 0.6) is 0 Å². The number of nitrogens with one attached hydrogen (secondary N) is 2. The van der Waals surface area contributed by atoms with E-state index < -0.39 is 10.0 Å². The van der Waals surface area contributed by atoms with Gasteiger partial charge in [-0.15, -0.1) is 0 Å². The molecule has 0 radical (unpaired) electrons. The molecule has 1 unspecified atom stereocenters. The van der Waals surface area contributed by atoms with E-state index in [1.54, 1.807) is 19.1 Å². The zero-order chi connectivity index (χ0) is 14.5. The van der Waals surface area contributed by atoms with Gasteiger partial charge in [0.2, 0.25) is 15.9 Å². The van der Waals surface area contributed by atoms with Crippen molar-refractivity contribution in [3.05, 3.63) is 35.6 Å². The van der Waals surface area contributed by atoms with Gasteiger partial charge < -0.3 is 5.32 Å². The third-order valence-electron chi connectivity index (χ3n) is 2.46. The van der Waals surface area contributed by atoms with E-state index in [1.807, 2.05) is 0 Å². The SMILES string of the molecule is CC(NC(=O)CCNS(C)(=O)=O)c1ccc(F)cc1. The molecule has 0 fully saturated rings.